The third-order valence-electron chi connectivity index (χ3n) is 3.52. The predicted molar refractivity (Wildman–Crippen MR) is 89.6 cm³/mol. The SMILES string of the molecule is CCn1cc(-c2noc(CNC(=O)C(C)Oc3ccccc3)n2)cn1. The lowest BCUT2D eigenvalue weighted by atomic mass is 10.3. The van der Waals surface area contributed by atoms with E-state index < -0.39 is 6.10 Å². The van der Waals surface area contributed by atoms with E-state index in [0.717, 1.165) is 12.1 Å². The van der Waals surface area contributed by atoms with Crippen molar-refractivity contribution >= 4 is 5.91 Å². The topological polar surface area (TPSA) is 95.1 Å². The molecule has 3 aromatic rings. The fraction of sp³-hybridized carbons (Fsp3) is 0.294. The number of benzene rings is 1. The summed E-state index contributed by atoms with van der Waals surface area (Å²) in [5, 5.41) is 10.8. The molecule has 0 aliphatic heterocycles. The molecule has 25 heavy (non-hydrogen) atoms. The van der Waals surface area contributed by atoms with Gasteiger partial charge >= 0.3 is 0 Å². The average molecular weight is 341 g/mol. The van der Waals surface area contributed by atoms with Gasteiger partial charge in [-0.1, -0.05) is 23.4 Å². The summed E-state index contributed by atoms with van der Waals surface area (Å²) < 4.78 is 12.5. The van der Waals surface area contributed by atoms with Crippen molar-refractivity contribution in [2.75, 3.05) is 0 Å². The summed E-state index contributed by atoms with van der Waals surface area (Å²) in [6.45, 7) is 4.57. The van der Waals surface area contributed by atoms with Crippen LogP contribution in [0.2, 0.25) is 0 Å². The monoisotopic (exact) mass is 341 g/mol. The average Bonchev–Trinajstić information content (AvgIpc) is 3.29. The highest BCUT2D eigenvalue weighted by Crippen LogP contribution is 2.14. The Balaban J connectivity index is 1.54. The number of nitrogens with one attached hydrogen (secondary N) is 1. The zero-order valence-corrected chi connectivity index (χ0v) is 14.0. The van der Waals surface area contributed by atoms with Crippen LogP contribution in [-0.2, 0) is 17.9 Å². The van der Waals surface area contributed by atoms with Gasteiger partial charge in [0.15, 0.2) is 6.10 Å². The number of ether oxygens (including phenoxy) is 1. The molecular formula is C17H19N5O3. The second-order valence-corrected chi connectivity index (χ2v) is 5.39. The largest absolute Gasteiger partial charge is 0.481 e. The molecule has 0 radical (unpaired) electrons. The number of hydrogen-bond donors (Lipinski definition) is 1. The van der Waals surface area contributed by atoms with E-state index in [1.54, 1.807) is 29.9 Å². The summed E-state index contributed by atoms with van der Waals surface area (Å²) in [5.74, 6) is 1.14. The molecule has 2 heterocycles. The van der Waals surface area contributed by atoms with Crippen molar-refractivity contribution in [3.63, 3.8) is 0 Å². The maximum Gasteiger partial charge on any atom is 0.261 e. The number of aromatic nitrogens is 4. The molecule has 0 aliphatic rings. The van der Waals surface area contributed by atoms with Gasteiger partial charge in [-0.25, -0.2) is 0 Å². The molecule has 1 amide bonds. The normalized spacial score (nSPS) is 11.9. The van der Waals surface area contributed by atoms with Crippen LogP contribution in [0.4, 0.5) is 0 Å². The number of para-hydroxylation sites is 1. The molecule has 1 atom stereocenters. The number of rotatable bonds is 7. The molecule has 0 saturated heterocycles. The Kier molecular flexibility index (Phi) is 5.08. The highest BCUT2D eigenvalue weighted by Gasteiger charge is 2.16. The van der Waals surface area contributed by atoms with Crippen molar-refractivity contribution in [1.82, 2.24) is 25.2 Å². The number of amides is 1. The van der Waals surface area contributed by atoms with E-state index in [2.05, 4.69) is 20.6 Å². The number of hydrogen-bond acceptors (Lipinski definition) is 6. The molecule has 0 saturated carbocycles. The van der Waals surface area contributed by atoms with Gasteiger partial charge < -0.3 is 14.6 Å². The van der Waals surface area contributed by atoms with E-state index in [1.165, 1.54) is 0 Å². The van der Waals surface area contributed by atoms with Crippen LogP contribution in [-0.4, -0.2) is 31.9 Å². The van der Waals surface area contributed by atoms with Crippen LogP contribution in [0, 0.1) is 0 Å². The number of carbonyl (C=O) groups excluding carboxylic acids is 1. The van der Waals surface area contributed by atoms with Gasteiger partial charge in [-0.15, -0.1) is 0 Å². The number of aryl methyl sites for hydroxylation is 1. The van der Waals surface area contributed by atoms with Crippen LogP contribution < -0.4 is 10.1 Å². The third kappa shape index (κ3) is 4.23. The Morgan fingerprint density at radius 3 is 2.88 bits per heavy atom. The zero-order chi connectivity index (χ0) is 17.6. The molecule has 0 aliphatic carbocycles. The molecule has 8 nitrogen and oxygen atoms in total. The summed E-state index contributed by atoms with van der Waals surface area (Å²) >= 11 is 0. The Morgan fingerprint density at radius 2 is 2.16 bits per heavy atom. The first-order valence-corrected chi connectivity index (χ1v) is 8.00. The molecule has 3 rings (SSSR count). The standard InChI is InChI=1S/C17H19N5O3/c1-3-22-11-13(9-19-22)16-20-15(25-21-16)10-18-17(23)12(2)24-14-7-5-4-6-8-14/h4-9,11-12H,3,10H2,1-2H3,(H,18,23). The van der Waals surface area contributed by atoms with Gasteiger partial charge in [-0.3, -0.25) is 9.48 Å². The lowest BCUT2D eigenvalue weighted by molar-refractivity contribution is -0.127. The van der Waals surface area contributed by atoms with Crippen LogP contribution in [0.25, 0.3) is 11.4 Å². The van der Waals surface area contributed by atoms with Crippen molar-refractivity contribution in [1.29, 1.82) is 0 Å². The highest BCUT2D eigenvalue weighted by molar-refractivity contribution is 5.80. The molecule has 2 aromatic heterocycles. The quantitative estimate of drug-likeness (QED) is 0.706. The number of carbonyl (C=O) groups is 1. The van der Waals surface area contributed by atoms with Crippen molar-refractivity contribution in [3.8, 4) is 17.1 Å². The maximum atomic E-state index is 12.1. The minimum Gasteiger partial charge on any atom is -0.481 e. The molecule has 0 spiro atoms. The van der Waals surface area contributed by atoms with E-state index in [4.69, 9.17) is 9.26 Å². The van der Waals surface area contributed by atoms with Crippen molar-refractivity contribution in [2.24, 2.45) is 0 Å². The second kappa shape index (κ2) is 7.61. The van der Waals surface area contributed by atoms with Crippen LogP contribution in [0.5, 0.6) is 5.75 Å². The fourth-order valence-electron chi connectivity index (χ4n) is 2.16. The molecule has 1 N–H and O–H groups in total. The summed E-state index contributed by atoms with van der Waals surface area (Å²) in [4.78, 5) is 16.4. The van der Waals surface area contributed by atoms with Crippen LogP contribution in [0.1, 0.15) is 19.7 Å². The van der Waals surface area contributed by atoms with Crippen molar-refractivity contribution in [2.45, 2.75) is 33.0 Å². The Labute approximate surface area is 144 Å². The molecule has 1 aromatic carbocycles. The van der Waals surface area contributed by atoms with Gasteiger partial charge in [0.25, 0.3) is 5.91 Å². The zero-order valence-electron chi connectivity index (χ0n) is 14.0. The van der Waals surface area contributed by atoms with E-state index in [9.17, 15) is 4.79 Å². The molecule has 1 unspecified atom stereocenters. The van der Waals surface area contributed by atoms with Crippen LogP contribution >= 0.6 is 0 Å². The van der Waals surface area contributed by atoms with Crippen LogP contribution in [0.3, 0.4) is 0 Å². The molecule has 0 fully saturated rings. The van der Waals surface area contributed by atoms with E-state index in [-0.39, 0.29) is 12.5 Å². The minimum atomic E-state index is -0.632. The Hall–Kier alpha value is -3.16. The van der Waals surface area contributed by atoms with Crippen molar-refractivity contribution in [3.05, 3.63) is 48.6 Å². The van der Waals surface area contributed by atoms with Crippen LogP contribution in [0.15, 0.2) is 47.2 Å². The van der Waals surface area contributed by atoms with Gasteiger partial charge in [0.05, 0.1) is 18.3 Å². The third-order valence-corrected chi connectivity index (χ3v) is 3.52. The summed E-state index contributed by atoms with van der Waals surface area (Å²) in [5.41, 5.74) is 0.768. The van der Waals surface area contributed by atoms with E-state index >= 15 is 0 Å². The number of nitrogens with zero attached hydrogens (tertiary/aromatic N) is 4. The maximum absolute atomic E-state index is 12.1. The minimum absolute atomic E-state index is 0.135. The second-order valence-electron chi connectivity index (χ2n) is 5.39. The summed E-state index contributed by atoms with van der Waals surface area (Å²) in [6, 6.07) is 9.17. The molecular weight excluding hydrogens is 322 g/mol. The Morgan fingerprint density at radius 1 is 1.36 bits per heavy atom. The first kappa shape index (κ1) is 16.7. The smallest absolute Gasteiger partial charge is 0.261 e. The molecule has 8 heteroatoms. The van der Waals surface area contributed by atoms with Gasteiger partial charge in [0, 0.05) is 12.7 Å². The lowest BCUT2D eigenvalue weighted by Gasteiger charge is -2.13. The van der Waals surface area contributed by atoms with E-state index in [0.29, 0.717) is 17.5 Å². The van der Waals surface area contributed by atoms with Gasteiger partial charge in [-0.2, -0.15) is 10.1 Å². The fourth-order valence-corrected chi connectivity index (χ4v) is 2.16. The van der Waals surface area contributed by atoms with Gasteiger partial charge in [0.2, 0.25) is 11.7 Å². The molecule has 0 bridgehead atoms. The van der Waals surface area contributed by atoms with E-state index in [1.807, 2.05) is 31.3 Å². The predicted octanol–water partition coefficient (Wildman–Crippen LogP) is 2.04. The van der Waals surface area contributed by atoms with Gasteiger partial charge in [-0.05, 0) is 26.0 Å². The highest BCUT2D eigenvalue weighted by atomic mass is 16.5. The lowest BCUT2D eigenvalue weighted by Crippen LogP contribution is -2.35. The summed E-state index contributed by atoms with van der Waals surface area (Å²) in [7, 11) is 0. The van der Waals surface area contributed by atoms with Gasteiger partial charge in [0.1, 0.15) is 5.75 Å². The Bertz CT molecular complexity index is 828. The summed E-state index contributed by atoms with van der Waals surface area (Å²) in [6.07, 6.45) is 2.88. The first-order chi connectivity index (χ1) is 12.2. The first-order valence-electron chi connectivity index (χ1n) is 8.00. The van der Waals surface area contributed by atoms with Crippen molar-refractivity contribution < 1.29 is 14.1 Å². The molecule has 130 valence electrons.